The van der Waals surface area contributed by atoms with Crippen LogP contribution in [0.25, 0.3) is 0 Å². The number of hydrogen-bond acceptors (Lipinski definition) is 4. The summed E-state index contributed by atoms with van der Waals surface area (Å²) in [5.74, 6) is 0. The van der Waals surface area contributed by atoms with E-state index >= 15 is 0 Å². The fourth-order valence-electron chi connectivity index (χ4n) is 0.946. The Morgan fingerprint density at radius 3 is 2.86 bits per heavy atom. The topological polar surface area (TPSA) is 37.8 Å². The van der Waals surface area contributed by atoms with Crippen molar-refractivity contribution in [2.45, 2.75) is 0 Å². The maximum atomic E-state index is 3.95. The number of benzene rings is 1. The van der Waals surface area contributed by atoms with E-state index in [1.807, 2.05) is 18.2 Å². The lowest BCUT2D eigenvalue weighted by atomic mass is 10.3. The van der Waals surface area contributed by atoms with Gasteiger partial charge in [-0.3, -0.25) is 0 Å². The van der Waals surface area contributed by atoms with Gasteiger partial charge >= 0.3 is 0 Å². The van der Waals surface area contributed by atoms with E-state index in [-0.39, 0.29) is 0 Å². The first kappa shape index (κ1) is 10.3. The standard InChI is InChI=1S/C8H5BrIN3S/c9-7-12-13-8(14-7)11-6-3-1-2-5(10)4-6/h1-4H,(H,11,13). The Labute approximate surface area is 107 Å². The molecule has 0 saturated heterocycles. The average Bonchev–Trinajstić information content (AvgIpc) is 2.51. The molecule has 0 amide bonds. The lowest BCUT2D eigenvalue weighted by molar-refractivity contribution is 1.07. The monoisotopic (exact) mass is 381 g/mol. The molecule has 3 nitrogen and oxygen atoms in total. The number of aromatic nitrogens is 2. The van der Waals surface area contributed by atoms with Crippen LogP contribution in [0, 0.1) is 3.57 Å². The van der Waals surface area contributed by atoms with E-state index in [1.54, 1.807) is 0 Å². The van der Waals surface area contributed by atoms with Crippen molar-refractivity contribution in [1.29, 1.82) is 0 Å². The molecule has 6 heteroatoms. The van der Waals surface area contributed by atoms with Gasteiger partial charge in [-0.15, -0.1) is 10.2 Å². The van der Waals surface area contributed by atoms with Gasteiger partial charge in [-0.05, 0) is 56.7 Å². The van der Waals surface area contributed by atoms with Crippen molar-refractivity contribution < 1.29 is 0 Å². The molecule has 0 aliphatic carbocycles. The summed E-state index contributed by atoms with van der Waals surface area (Å²) in [6, 6.07) is 8.09. The van der Waals surface area contributed by atoms with Gasteiger partial charge < -0.3 is 5.32 Å². The first-order valence-electron chi connectivity index (χ1n) is 3.75. The highest BCUT2D eigenvalue weighted by molar-refractivity contribution is 14.1. The molecule has 14 heavy (non-hydrogen) atoms. The molecule has 2 rings (SSSR count). The molecule has 0 unspecified atom stereocenters. The lowest BCUT2D eigenvalue weighted by Crippen LogP contribution is -1.89. The Kier molecular flexibility index (Phi) is 3.34. The van der Waals surface area contributed by atoms with Gasteiger partial charge in [0.15, 0.2) is 3.92 Å². The van der Waals surface area contributed by atoms with Crippen molar-refractivity contribution >= 4 is 60.7 Å². The van der Waals surface area contributed by atoms with E-state index in [1.165, 1.54) is 14.9 Å². The lowest BCUT2D eigenvalue weighted by Gasteiger charge is -2.00. The summed E-state index contributed by atoms with van der Waals surface area (Å²) in [6.07, 6.45) is 0. The number of halogens is 2. The van der Waals surface area contributed by atoms with Crippen molar-refractivity contribution in [3.63, 3.8) is 0 Å². The predicted molar refractivity (Wildman–Crippen MR) is 70.1 cm³/mol. The van der Waals surface area contributed by atoms with Crippen molar-refractivity contribution in [3.05, 3.63) is 31.8 Å². The molecule has 1 N–H and O–H groups in total. The van der Waals surface area contributed by atoms with Crippen molar-refractivity contribution in [2.75, 3.05) is 5.32 Å². The van der Waals surface area contributed by atoms with Crippen molar-refractivity contribution in [3.8, 4) is 0 Å². The van der Waals surface area contributed by atoms with E-state index in [0.29, 0.717) is 0 Å². The molecule has 0 aliphatic rings. The summed E-state index contributed by atoms with van der Waals surface area (Å²) in [4.78, 5) is 0. The number of nitrogens with one attached hydrogen (secondary N) is 1. The zero-order valence-corrected chi connectivity index (χ0v) is 11.4. The van der Waals surface area contributed by atoms with Gasteiger partial charge in [0.05, 0.1) is 0 Å². The minimum absolute atomic E-state index is 0.783. The maximum absolute atomic E-state index is 3.95. The van der Waals surface area contributed by atoms with E-state index in [4.69, 9.17) is 0 Å². The van der Waals surface area contributed by atoms with Gasteiger partial charge in [0.1, 0.15) is 0 Å². The smallest absolute Gasteiger partial charge is 0.210 e. The largest absolute Gasteiger partial charge is 0.330 e. The summed E-state index contributed by atoms with van der Waals surface area (Å²) < 4.78 is 1.97. The third kappa shape index (κ3) is 2.64. The molecule has 1 heterocycles. The highest BCUT2D eigenvalue weighted by Crippen LogP contribution is 2.24. The van der Waals surface area contributed by atoms with Crippen LogP contribution in [-0.2, 0) is 0 Å². The minimum atomic E-state index is 0.783. The molecule has 0 fully saturated rings. The van der Waals surface area contributed by atoms with Gasteiger partial charge in [-0.1, -0.05) is 17.4 Å². The van der Waals surface area contributed by atoms with Gasteiger partial charge in [-0.2, -0.15) is 0 Å². The molecular formula is C8H5BrIN3S. The summed E-state index contributed by atoms with van der Waals surface area (Å²) in [5, 5.41) is 11.8. The summed E-state index contributed by atoms with van der Waals surface area (Å²) in [6.45, 7) is 0. The molecule has 0 radical (unpaired) electrons. The molecule has 1 aromatic carbocycles. The van der Waals surface area contributed by atoms with Crippen LogP contribution in [0.2, 0.25) is 0 Å². The molecule has 0 spiro atoms. The highest BCUT2D eigenvalue weighted by Gasteiger charge is 2.01. The van der Waals surface area contributed by atoms with Crippen LogP contribution in [0.1, 0.15) is 0 Å². The molecule has 0 saturated carbocycles. The van der Waals surface area contributed by atoms with E-state index in [2.05, 4.69) is 60.1 Å². The quantitative estimate of drug-likeness (QED) is 0.807. The first-order chi connectivity index (χ1) is 6.74. The zero-order chi connectivity index (χ0) is 9.97. The SMILES string of the molecule is Brc1nnc(Nc2cccc(I)c2)s1. The third-order valence-corrected chi connectivity index (χ3v) is 3.42. The Morgan fingerprint density at radius 1 is 1.36 bits per heavy atom. The zero-order valence-electron chi connectivity index (χ0n) is 6.87. The fraction of sp³-hybridized carbons (Fsp3) is 0. The number of hydrogen-bond donors (Lipinski definition) is 1. The first-order valence-corrected chi connectivity index (χ1v) is 6.44. The minimum Gasteiger partial charge on any atom is -0.330 e. The molecule has 1 aromatic heterocycles. The van der Waals surface area contributed by atoms with Crippen LogP contribution >= 0.6 is 49.9 Å². The van der Waals surface area contributed by atoms with Crippen LogP contribution in [0.5, 0.6) is 0 Å². The van der Waals surface area contributed by atoms with E-state index < -0.39 is 0 Å². The molecule has 0 aliphatic heterocycles. The third-order valence-electron chi connectivity index (χ3n) is 1.48. The Morgan fingerprint density at radius 2 is 2.21 bits per heavy atom. The Hall–Kier alpha value is -0.210. The predicted octanol–water partition coefficient (Wildman–Crippen LogP) is 3.65. The number of nitrogens with zero attached hydrogens (tertiary/aromatic N) is 2. The molecular weight excluding hydrogens is 377 g/mol. The normalized spacial score (nSPS) is 10.1. The number of anilines is 2. The van der Waals surface area contributed by atoms with Gasteiger partial charge in [-0.25, -0.2) is 0 Å². The highest BCUT2D eigenvalue weighted by atomic mass is 127. The summed E-state index contributed by atoms with van der Waals surface area (Å²) >= 11 is 7.00. The number of rotatable bonds is 2. The van der Waals surface area contributed by atoms with Crippen LogP contribution < -0.4 is 5.32 Å². The Bertz CT molecular complexity index is 446. The van der Waals surface area contributed by atoms with Crippen LogP contribution in [-0.4, -0.2) is 10.2 Å². The van der Waals surface area contributed by atoms with Crippen molar-refractivity contribution in [2.24, 2.45) is 0 Å². The van der Waals surface area contributed by atoms with Crippen LogP contribution in [0.15, 0.2) is 28.2 Å². The van der Waals surface area contributed by atoms with Gasteiger partial charge in [0.25, 0.3) is 0 Å². The summed E-state index contributed by atoms with van der Waals surface area (Å²) in [5.41, 5.74) is 1.03. The second kappa shape index (κ2) is 4.54. The van der Waals surface area contributed by atoms with Crippen molar-refractivity contribution in [1.82, 2.24) is 10.2 Å². The Balaban J connectivity index is 2.18. The average molecular weight is 382 g/mol. The maximum Gasteiger partial charge on any atom is 0.210 e. The van der Waals surface area contributed by atoms with E-state index in [0.717, 1.165) is 14.7 Å². The van der Waals surface area contributed by atoms with Gasteiger partial charge in [0.2, 0.25) is 5.13 Å². The van der Waals surface area contributed by atoms with Crippen LogP contribution in [0.3, 0.4) is 0 Å². The molecule has 72 valence electrons. The fourth-order valence-corrected chi connectivity index (χ4v) is 2.52. The second-order valence-electron chi connectivity index (χ2n) is 2.50. The van der Waals surface area contributed by atoms with Gasteiger partial charge in [0, 0.05) is 9.26 Å². The van der Waals surface area contributed by atoms with E-state index in [9.17, 15) is 0 Å². The second-order valence-corrected chi connectivity index (χ2v) is 5.99. The molecule has 0 bridgehead atoms. The molecule has 2 aromatic rings. The molecule has 0 atom stereocenters. The van der Waals surface area contributed by atoms with Crippen LogP contribution in [0.4, 0.5) is 10.8 Å². The summed E-state index contributed by atoms with van der Waals surface area (Å²) in [7, 11) is 0.